The first-order valence-electron chi connectivity index (χ1n) is 33.4. The Balaban J connectivity index is 0.000000358. The molecule has 0 fully saturated rings. The maximum absolute atomic E-state index is 11.7. The summed E-state index contributed by atoms with van der Waals surface area (Å²) in [4.78, 5) is 90.0. The Kier molecular flexibility index (Phi) is 44.9. The molecule has 22 heteroatoms. The molecule has 0 saturated heterocycles. The van der Waals surface area contributed by atoms with Crippen LogP contribution < -0.4 is 41.9 Å². The predicted octanol–water partition coefficient (Wildman–Crippen LogP) is 16.7. The molecular formula is C88H80N4O16Y2-4. The first-order valence-corrected chi connectivity index (χ1v) is 33.4. The quantitative estimate of drug-likeness (QED) is 0.0428. The van der Waals surface area contributed by atoms with E-state index < -0.39 is 47.8 Å². The minimum Gasteiger partial charge on any atom is -0.483 e. The third-order valence-electron chi connectivity index (χ3n) is 13.6. The van der Waals surface area contributed by atoms with Crippen LogP contribution in [-0.4, -0.2) is 75.9 Å². The molecule has 4 aliphatic heterocycles. The SMILES string of the molecule is CCC.CN.CN.CN.CN.O=C1OC(=O)c2cc(Oc3ccc(Cc4ccc(Oc5ccc6c(c5)C(=O)OC6=O)cc4)cc3)ccc21.O=C1OC(=O)c2ccccc21.O=C1OC(=O)c2ccccc21.[Y].[Y].[c-]1ccc(Oc2ccccc2)cc1.[c-]1ccc(Oc2ccccc2)cc1.[c-]1ccccc1.[c-]1ccccc1. The molecule has 110 heavy (non-hydrogen) atoms. The predicted molar refractivity (Wildman–Crippen MR) is 411 cm³/mol. The minimum atomic E-state index is -0.675. The van der Waals surface area contributed by atoms with Crippen molar-refractivity contribution in [1.29, 1.82) is 0 Å². The third kappa shape index (κ3) is 31.0. The van der Waals surface area contributed by atoms with E-state index in [0.717, 1.165) is 34.1 Å². The Hall–Kier alpha value is -11.6. The summed E-state index contributed by atoms with van der Waals surface area (Å²) in [5.74, 6) is 0.573. The first-order chi connectivity index (χ1) is 52.8. The van der Waals surface area contributed by atoms with Gasteiger partial charge in [-0.3, -0.25) is 0 Å². The molecule has 16 rings (SSSR count). The van der Waals surface area contributed by atoms with Crippen molar-refractivity contribution >= 4 is 47.8 Å². The molecular weight excluding hydrogens is 1550 g/mol. The van der Waals surface area contributed by atoms with Gasteiger partial charge in [-0.05, 0) is 155 Å². The molecule has 20 nitrogen and oxygen atoms in total. The molecule has 0 amide bonds. The van der Waals surface area contributed by atoms with Crippen LogP contribution in [0.2, 0.25) is 0 Å². The van der Waals surface area contributed by atoms with Crippen LogP contribution in [0.4, 0.5) is 0 Å². The van der Waals surface area contributed by atoms with E-state index in [9.17, 15) is 38.4 Å². The number of cyclic esters (lactones) is 8. The third-order valence-corrected chi connectivity index (χ3v) is 13.6. The van der Waals surface area contributed by atoms with E-state index in [4.69, 9.17) is 18.9 Å². The van der Waals surface area contributed by atoms with Gasteiger partial charge in [-0.25, -0.2) is 38.4 Å². The number of hydrogen-bond donors (Lipinski definition) is 4. The second kappa shape index (κ2) is 53.3. The molecule has 8 N–H and O–H groups in total. The number of nitrogens with two attached hydrogens (primary N) is 4. The Morgan fingerprint density at radius 3 is 0.691 bits per heavy atom. The van der Waals surface area contributed by atoms with Gasteiger partial charge in [0, 0.05) is 76.9 Å². The number of rotatable bonds is 10. The van der Waals surface area contributed by atoms with Crippen molar-refractivity contribution in [2.75, 3.05) is 28.2 Å². The molecule has 0 unspecified atom stereocenters. The van der Waals surface area contributed by atoms with E-state index in [-0.39, 0.29) is 87.7 Å². The number of para-hydroxylation sites is 2. The summed E-state index contributed by atoms with van der Waals surface area (Å²) in [7, 11) is 6.00. The van der Waals surface area contributed by atoms with Crippen molar-refractivity contribution in [3.63, 3.8) is 0 Å². The molecule has 0 aliphatic carbocycles. The van der Waals surface area contributed by atoms with E-state index in [1.165, 1.54) is 58.9 Å². The van der Waals surface area contributed by atoms with E-state index in [1.807, 2.05) is 218 Å². The summed E-state index contributed by atoms with van der Waals surface area (Å²) in [6.45, 7) is 4.25. The van der Waals surface area contributed by atoms with Crippen molar-refractivity contribution in [3.8, 4) is 46.0 Å². The van der Waals surface area contributed by atoms with Gasteiger partial charge in [-0.1, -0.05) is 105 Å². The molecule has 0 atom stereocenters. The van der Waals surface area contributed by atoms with E-state index in [2.05, 4.69) is 80.0 Å². The van der Waals surface area contributed by atoms with Gasteiger partial charge in [-0.15, -0.1) is 24.3 Å². The molecule has 0 spiro atoms. The first kappa shape index (κ1) is 92.7. The molecule has 558 valence electrons. The number of esters is 8. The molecule has 2 radical (unpaired) electrons. The fraction of sp³-hybridized carbons (Fsp3) is 0.0909. The van der Waals surface area contributed by atoms with Crippen LogP contribution in [0.15, 0.2) is 303 Å². The van der Waals surface area contributed by atoms with Crippen LogP contribution in [0.1, 0.15) is 114 Å². The topological polar surface area (TPSA) is 314 Å². The average molecular weight is 1630 g/mol. The van der Waals surface area contributed by atoms with E-state index in [0.29, 0.717) is 51.7 Å². The minimum absolute atomic E-state index is 0. The maximum atomic E-state index is 11.7. The van der Waals surface area contributed by atoms with Gasteiger partial charge in [0.15, 0.2) is 0 Å². The number of carbonyl (C=O) groups excluding carboxylic acids is 8. The number of ether oxygens (including phenoxy) is 8. The molecule has 0 saturated carbocycles. The second-order valence-electron chi connectivity index (χ2n) is 21.0. The Morgan fingerprint density at radius 2 is 0.436 bits per heavy atom. The van der Waals surface area contributed by atoms with Crippen LogP contribution in [-0.2, 0) is 90.8 Å². The Bertz CT molecular complexity index is 4230. The summed E-state index contributed by atoms with van der Waals surface area (Å²) < 4.78 is 40.7. The van der Waals surface area contributed by atoms with Gasteiger partial charge in [0.05, 0.1) is 44.5 Å². The number of benzene rings is 12. The summed E-state index contributed by atoms with van der Waals surface area (Å²) in [6, 6.07) is 103. The summed E-state index contributed by atoms with van der Waals surface area (Å²) in [5.41, 5.74) is 22.4. The van der Waals surface area contributed by atoms with Crippen molar-refractivity contribution in [1.82, 2.24) is 0 Å². The molecule has 12 aromatic carbocycles. The number of fused-ring (bicyclic) bond motifs is 4. The summed E-state index contributed by atoms with van der Waals surface area (Å²) in [5, 5.41) is 0. The van der Waals surface area contributed by atoms with Crippen molar-refractivity contribution < 1.29 is 142 Å². The van der Waals surface area contributed by atoms with Crippen LogP contribution in [0.3, 0.4) is 0 Å². The largest absolute Gasteiger partial charge is 0.483 e. The van der Waals surface area contributed by atoms with Gasteiger partial charge in [0.25, 0.3) is 0 Å². The van der Waals surface area contributed by atoms with Gasteiger partial charge >= 0.3 is 47.8 Å². The van der Waals surface area contributed by atoms with Crippen molar-refractivity contribution in [2.45, 2.75) is 26.7 Å². The summed E-state index contributed by atoms with van der Waals surface area (Å²) >= 11 is 0. The molecule has 4 heterocycles. The van der Waals surface area contributed by atoms with Crippen molar-refractivity contribution in [3.05, 3.63) is 383 Å². The van der Waals surface area contributed by atoms with Gasteiger partial charge < -0.3 is 60.8 Å². The Labute approximate surface area is 690 Å². The smallest absolute Gasteiger partial charge is 0.347 e. The number of hydrogen-bond acceptors (Lipinski definition) is 20. The van der Waals surface area contributed by atoms with E-state index in [1.54, 1.807) is 60.7 Å². The van der Waals surface area contributed by atoms with Crippen LogP contribution in [0.25, 0.3) is 0 Å². The second-order valence-corrected chi connectivity index (χ2v) is 21.0. The monoisotopic (exact) mass is 1630 g/mol. The fourth-order valence-electron chi connectivity index (χ4n) is 8.99. The zero-order valence-corrected chi connectivity index (χ0v) is 67.0. The van der Waals surface area contributed by atoms with Gasteiger partial charge in [0.2, 0.25) is 0 Å². The fourth-order valence-corrected chi connectivity index (χ4v) is 8.99. The van der Waals surface area contributed by atoms with Crippen LogP contribution in [0, 0.1) is 24.3 Å². The zero-order chi connectivity index (χ0) is 78.3. The molecule has 12 aromatic rings. The average Bonchev–Trinajstić information content (AvgIpc) is 1.66. The molecule has 0 aromatic heterocycles. The van der Waals surface area contributed by atoms with Gasteiger partial charge in [-0.2, -0.15) is 109 Å². The number of carbonyl (C=O) groups is 8. The van der Waals surface area contributed by atoms with Gasteiger partial charge in [0.1, 0.15) is 34.5 Å². The Morgan fingerprint density at radius 1 is 0.236 bits per heavy atom. The summed E-state index contributed by atoms with van der Waals surface area (Å²) in [6.07, 6.45) is 1.93. The molecule has 4 aliphatic rings. The van der Waals surface area contributed by atoms with Crippen LogP contribution >= 0.6 is 0 Å². The van der Waals surface area contributed by atoms with Crippen LogP contribution in [0.5, 0.6) is 46.0 Å². The van der Waals surface area contributed by atoms with Crippen molar-refractivity contribution in [2.24, 2.45) is 22.9 Å². The standard InChI is InChI=1S/C29H16O8.2C12H9O.2C8H4O3.2C6H5.C3H8.4CH5N.2Y/c30-26-22-11-9-20(14-24(22)28(32)36-26)34-18-5-1-16(2-6-18)13-17-3-7-19(8-4-17)35-21-10-12-23-25(15-21)29(33)37-27(23)31;2*1-3-7-11(8-4-1)13-12-9-5-2-6-10-12;2*9-7-5-3-1-2-4-6(5)8(10)11-7;2*1-2-4-6-5-3-1;1-3-2;4*1-2;;/h1-12,14-15H,13H2;2*1,3-10H;2*1-4H;2*1-5H;3H2,1-2H3;4*2H2,1H3;;/q;2*-1;;;2*-1;;;;;;;. The normalized spacial score (nSPS) is 11.0. The van der Waals surface area contributed by atoms with E-state index >= 15 is 0 Å². The maximum Gasteiger partial charge on any atom is 0.347 e. The molecule has 0 bridgehead atoms. The zero-order valence-electron chi connectivity index (χ0n) is 61.3.